The first kappa shape index (κ1) is 17.7. The lowest BCUT2D eigenvalue weighted by Crippen LogP contribution is -2.32. The molecule has 3 heteroatoms. The molecule has 0 amide bonds. The van der Waals surface area contributed by atoms with Crippen LogP contribution in [-0.4, -0.2) is 30.1 Å². The minimum Gasteiger partial charge on any atom is -0.481 e. The molecule has 0 N–H and O–H groups in total. The molecule has 0 radical (unpaired) electrons. The standard InChI is InChI=1S/C24H26N2O/c1-27-23-13-12-22-9-5-8-21(24(22)25-23)11-10-19-14-16-26(17-15-19)18-20-6-3-2-4-7-20/h2-13,19H,14-18H2,1H3. The minimum absolute atomic E-state index is 0.637. The van der Waals surface area contributed by atoms with Gasteiger partial charge in [0.05, 0.1) is 12.6 Å². The number of hydrogen-bond donors (Lipinski definition) is 0. The van der Waals surface area contributed by atoms with E-state index in [-0.39, 0.29) is 0 Å². The zero-order valence-corrected chi connectivity index (χ0v) is 15.8. The first-order valence-corrected chi connectivity index (χ1v) is 9.70. The van der Waals surface area contributed by atoms with E-state index in [1.165, 1.54) is 18.4 Å². The van der Waals surface area contributed by atoms with Crippen molar-refractivity contribution in [3.63, 3.8) is 0 Å². The highest BCUT2D eigenvalue weighted by molar-refractivity contribution is 5.87. The molecule has 1 aromatic heterocycles. The average Bonchev–Trinajstić information content (AvgIpc) is 2.73. The molecular formula is C24H26N2O. The Balaban J connectivity index is 1.40. The maximum Gasteiger partial charge on any atom is 0.213 e. The summed E-state index contributed by atoms with van der Waals surface area (Å²) in [5.74, 6) is 1.30. The molecule has 3 nitrogen and oxygen atoms in total. The third-order valence-corrected chi connectivity index (χ3v) is 5.36. The van der Waals surface area contributed by atoms with E-state index in [2.05, 4.69) is 76.6 Å². The van der Waals surface area contributed by atoms with Crippen molar-refractivity contribution in [3.8, 4) is 5.88 Å². The van der Waals surface area contributed by atoms with Crippen LogP contribution in [0.2, 0.25) is 0 Å². The Kier molecular flexibility index (Phi) is 5.50. The number of para-hydroxylation sites is 1. The number of hydrogen-bond acceptors (Lipinski definition) is 3. The van der Waals surface area contributed by atoms with E-state index in [9.17, 15) is 0 Å². The molecule has 0 saturated carbocycles. The Bertz CT molecular complexity index is 912. The van der Waals surface area contributed by atoms with E-state index in [0.717, 1.165) is 36.1 Å². The lowest BCUT2D eigenvalue weighted by Gasteiger charge is -2.30. The fourth-order valence-corrected chi connectivity index (χ4v) is 3.79. The second-order valence-corrected chi connectivity index (χ2v) is 7.23. The molecule has 0 unspecified atom stereocenters. The smallest absolute Gasteiger partial charge is 0.213 e. The van der Waals surface area contributed by atoms with Gasteiger partial charge in [0.15, 0.2) is 0 Å². The Labute approximate surface area is 161 Å². The van der Waals surface area contributed by atoms with Crippen LogP contribution < -0.4 is 4.74 Å². The molecule has 0 atom stereocenters. The van der Waals surface area contributed by atoms with Crippen LogP contribution >= 0.6 is 0 Å². The van der Waals surface area contributed by atoms with Crippen molar-refractivity contribution < 1.29 is 4.74 Å². The summed E-state index contributed by atoms with van der Waals surface area (Å²) in [5, 5.41) is 1.15. The van der Waals surface area contributed by atoms with Crippen molar-refractivity contribution in [3.05, 3.63) is 77.9 Å². The van der Waals surface area contributed by atoms with E-state index in [1.54, 1.807) is 7.11 Å². The fourth-order valence-electron chi connectivity index (χ4n) is 3.79. The lowest BCUT2D eigenvalue weighted by molar-refractivity contribution is 0.196. The van der Waals surface area contributed by atoms with Crippen LogP contribution in [-0.2, 0) is 6.54 Å². The molecule has 0 aliphatic carbocycles. The number of allylic oxidation sites excluding steroid dienone is 1. The van der Waals surface area contributed by atoms with Gasteiger partial charge in [-0.3, -0.25) is 4.90 Å². The third-order valence-electron chi connectivity index (χ3n) is 5.36. The van der Waals surface area contributed by atoms with Crippen molar-refractivity contribution in [2.24, 2.45) is 5.92 Å². The number of benzene rings is 2. The number of aromatic nitrogens is 1. The summed E-state index contributed by atoms with van der Waals surface area (Å²) in [6, 6.07) is 21.1. The molecule has 4 rings (SSSR count). The van der Waals surface area contributed by atoms with E-state index in [0.29, 0.717) is 11.8 Å². The normalized spacial score (nSPS) is 16.2. The quantitative estimate of drug-likeness (QED) is 0.629. The summed E-state index contributed by atoms with van der Waals surface area (Å²) >= 11 is 0. The van der Waals surface area contributed by atoms with Gasteiger partial charge in [0.2, 0.25) is 5.88 Å². The number of ether oxygens (including phenoxy) is 1. The molecule has 27 heavy (non-hydrogen) atoms. The molecule has 138 valence electrons. The zero-order chi connectivity index (χ0) is 18.5. The number of rotatable bonds is 5. The Morgan fingerprint density at radius 3 is 2.59 bits per heavy atom. The predicted octanol–water partition coefficient (Wildman–Crippen LogP) is 5.17. The molecule has 0 spiro atoms. The summed E-state index contributed by atoms with van der Waals surface area (Å²) in [6.45, 7) is 3.38. The minimum atomic E-state index is 0.637. The van der Waals surface area contributed by atoms with Crippen molar-refractivity contribution in [2.75, 3.05) is 20.2 Å². The van der Waals surface area contributed by atoms with Crippen LogP contribution in [0, 0.1) is 5.92 Å². The Morgan fingerprint density at radius 1 is 1.00 bits per heavy atom. The Hall–Kier alpha value is -2.65. The highest BCUT2D eigenvalue weighted by atomic mass is 16.5. The van der Waals surface area contributed by atoms with Crippen LogP contribution in [0.1, 0.15) is 24.0 Å². The fraction of sp³-hybridized carbons (Fsp3) is 0.292. The topological polar surface area (TPSA) is 25.4 Å². The SMILES string of the molecule is COc1ccc2cccc(C=CC3CCN(Cc4ccccc4)CC3)c2n1. The van der Waals surface area contributed by atoms with E-state index < -0.39 is 0 Å². The van der Waals surface area contributed by atoms with Crippen molar-refractivity contribution in [2.45, 2.75) is 19.4 Å². The lowest BCUT2D eigenvalue weighted by atomic mass is 9.95. The van der Waals surface area contributed by atoms with Gasteiger partial charge in [-0.15, -0.1) is 0 Å². The van der Waals surface area contributed by atoms with Gasteiger partial charge in [-0.25, -0.2) is 4.98 Å². The van der Waals surface area contributed by atoms with Gasteiger partial charge in [0, 0.05) is 23.6 Å². The highest BCUT2D eigenvalue weighted by Gasteiger charge is 2.17. The van der Waals surface area contributed by atoms with Gasteiger partial charge in [-0.1, -0.05) is 60.7 Å². The first-order valence-electron chi connectivity index (χ1n) is 9.70. The number of nitrogens with zero attached hydrogens (tertiary/aromatic N) is 2. The number of pyridine rings is 1. The van der Waals surface area contributed by atoms with Crippen LogP contribution in [0.5, 0.6) is 5.88 Å². The van der Waals surface area contributed by atoms with Gasteiger partial charge in [-0.2, -0.15) is 0 Å². The van der Waals surface area contributed by atoms with Gasteiger partial charge < -0.3 is 4.74 Å². The van der Waals surface area contributed by atoms with Crippen LogP contribution in [0.15, 0.2) is 66.7 Å². The second-order valence-electron chi connectivity index (χ2n) is 7.23. The molecule has 0 bridgehead atoms. The molecule has 1 saturated heterocycles. The monoisotopic (exact) mass is 358 g/mol. The second kappa shape index (κ2) is 8.36. The van der Waals surface area contributed by atoms with Crippen molar-refractivity contribution >= 4 is 17.0 Å². The molecule has 1 aliphatic heterocycles. The number of fused-ring (bicyclic) bond motifs is 1. The molecule has 1 fully saturated rings. The number of likely N-dealkylation sites (tertiary alicyclic amines) is 1. The summed E-state index contributed by atoms with van der Waals surface area (Å²) in [5.41, 5.74) is 3.58. The number of piperidine rings is 1. The zero-order valence-electron chi connectivity index (χ0n) is 15.8. The van der Waals surface area contributed by atoms with E-state index in [4.69, 9.17) is 4.74 Å². The van der Waals surface area contributed by atoms with Gasteiger partial charge in [-0.05, 0) is 43.5 Å². The average molecular weight is 358 g/mol. The van der Waals surface area contributed by atoms with Gasteiger partial charge in [0.25, 0.3) is 0 Å². The first-order chi connectivity index (χ1) is 13.3. The van der Waals surface area contributed by atoms with Crippen LogP contribution in [0.25, 0.3) is 17.0 Å². The van der Waals surface area contributed by atoms with Crippen molar-refractivity contribution in [1.82, 2.24) is 9.88 Å². The van der Waals surface area contributed by atoms with Gasteiger partial charge >= 0.3 is 0 Å². The predicted molar refractivity (Wildman–Crippen MR) is 112 cm³/mol. The number of methoxy groups -OCH3 is 1. The molecule has 2 heterocycles. The summed E-state index contributed by atoms with van der Waals surface area (Å²) in [4.78, 5) is 7.19. The van der Waals surface area contributed by atoms with Crippen molar-refractivity contribution in [1.29, 1.82) is 0 Å². The van der Waals surface area contributed by atoms with E-state index >= 15 is 0 Å². The highest BCUT2D eigenvalue weighted by Crippen LogP contribution is 2.24. The molecule has 1 aliphatic rings. The summed E-state index contributed by atoms with van der Waals surface area (Å²) in [7, 11) is 1.66. The maximum atomic E-state index is 5.29. The summed E-state index contributed by atoms with van der Waals surface area (Å²) < 4.78 is 5.29. The van der Waals surface area contributed by atoms with Crippen LogP contribution in [0.3, 0.4) is 0 Å². The molecular weight excluding hydrogens is 332 g/mol. The summed E-state index contributed by atoms with van der Waals surface area (Å²) in [6.07, 6.45) is 7.04. The third kappa shape index (κ3) is 4.37. The van der Waals surface area contributed by atoms with Gasteiger partial charge in [0.1, 0.15) is 0 Å². The largest absolute Gasteiger partial charge is 0.481 e. The maximum absolute atomic E-state index is 5.29. The molecule has 3 aromatic rings. The Morgan fingerprint density at radius 2 is 1.81 bits per heavy atom. The van der Waals surface area contributed by atoms with E-state index in [1.807, 2.05) is 6.07 Å². The molecule has 2 aromatic carbocycles. The van der Waals surface area contributed by atoms with Crippen LogP contribution in [0.4, 0.5) is 0 Å².